The first-order valence-corrected chi connectivity index (χ1v) is 9.48. The molecule has 2 aliphatic rings. The summed E-state index contributed by atoms with van der Waals surface area (Å²) >= 11 is 6.08. The molecule has 27 heavy (non-hydrogen) atoms. The lowest BCUT2D eigenvalue weighted by Gasteiger charge is -2.25. The monoisotopic (exact) mass is 386 g/mol. The van der Waals surface area contributed by atoms with E-state index in [4.69, 9.17) is 16.4 Å². The van der Waals surface area contributed by atoms with E-state index in [1.165, 1.54) is 12.1 Å². The Kier molecular flexibility index (Phi) is 5.12. The van der Waals surface area contributed by atoms with Crippen molar-refractivity contribution in [1.29, 1.82) is 0 Å². The van der Waals surface area contributed by atoms with E-state index in [1.807, 2.05) is 35.2 Å². The van der Waals surface area contributed by atoms with Gasteiger partial charge in [-0.1, -0.05) is 41.0 Å². The van der Waals surface area contributed by atoms with Gasteiger partial charge in [-0.3, -0.25) is 4.79 Å². The third-order valence-electron chi connectivity index (χ3n) is 4.82. The van der Waals surface area contributed by atoms with E-state index in [0.717, 1.165) is 18.4 Å². The zero-order chi connectivity index (χ0) is 18.8. The van der Waals surface area contributed by atoms with Crippen molar-refractivity contribution in [3.63, 3.8) is 0 Å². The summed E-state index contributed by atoms with van der Waals surface area (Å²) in [4.78, 5) is 20.1. The van der Waals surface area contributed by atoms with E-state index in [-0.39, 0.29) is 23.7 Å². The van der Waals surface area contributed by atoms with Crippen molar-refractivity contribution < 1.29 is 14.0 Å². The Morgan fingerprint density at radius 2 is 2.04 bits per heavy atom. The number of amides is 1. The van der Waals surface area contributed by atoms with E-state index >= 15 is 0 Å². The first-order chi connectivity index (χ1) is 13.1. The Morgan fingerprint density at radius 3 is 2.78 bits per heavy atom. The van der Waals surface area contributed by atoms with Gasteiger partial charge >= 0.3 is 0 Å². The summed E-state index contributed by atoms with van der Waals surface area (Å²) in [7, 11) is 0. The zero-order valence-electron chi connectivity index (χ0n) is 14.8. The molecule has 0 unspecified atom stereocenters. The number of hydrogen-bond acceptors (Lipinski definition) is 3. The SMILES string of the molecule is O=C(C1CC1)N(Cc1cccc(Cl)c1)C[C@@H]1CC(c2cccc(F)c2)=NO1. The van der Waals surface area contributed by atoms with Crippen molar-refractivity contribution in [3.05, 3.63) is 70.5 Å². The van der Waals surface area contributed by atoms with Crippen molar-refractivity contribution in [2.24, 2.45) is 11.1 Å². The summed E-state index contributed by atoms with van der Waals surface area (Å²) < 4.78 is 13.4. The van der Waals surface area contributed by atoms with Crippen LogP contribution in [0.2, 0.25) is 5.02 Å². The van der Waals surface area contributed by atoms with Crippen LogP contribution in [0.25, 0.3) is 0 Å². The number of nitrogens with zero attached hydrogens (tertiary/aromatic N) is 2. The summed E-state index contributed by atoms with van der Waals surface area (Å²) in [5.41, 5.74) is 2.41. The van der Waals surface area contributed by atoms with Crippen LogP contribution in [0.4, 0.5) is 4.39 Å². The molecule has 1 atom stereocenters. The number of oxime groups is 1. The molecule has 4 nitrogen and oxygen atoms in total. The van der Waals surface area contributed by atoms with Crippen LogP contribution in [0, 0.1) is 11.7 Å². The Labute approximate surface area is 162 Å². The van der Waals surface area contributed by atoms with Gasteiger partial charge in [-0.2, -0.15) is 0 Å². The quantitative estimate of drug-likeness (QED) is 0.737. The molecule has 1 heterocycles. The van der Waals surface area contributed by atoms with Gasteiger partial charge < -0.3 is 9.74 Å². The summed E-state index contributed by atoms with van der Waals surface area (Å²) in [6, 6.07) is 13.9. The smallest absolute Gasteiger partial charge is 0.226 e. The molecule has 0 spiro atoms. The van der Waals surface area contributed by atoms with Gasteiger partial charge in [-0.25, -0.2) is 4.39 Å². The molecule has 4 rings (SSSR count). The van der Waals surface area contributed by atoms with Gasteiger partial charge in [-0.15, -0.1) is 0 Å². The molecule has 0 aromatic heterocycles. The average molecular weight is 387 g/mol. The molecule has 0 saturated heterocycles. The average Bonchev–Trinajstić information content (AvgIpc) is 3.39. The Balaban J connectivity index is 1.43. The Hall–Kier alpha value is -2.40. The highest BCUT2D eigenvalue weighted by atomic mass is 35.5. The van der Waals surface area contributed by atoms with Crippen LogP contribution in [0.5, 0.6) is 0 Å². The first kappa shape index (κ1) is 18.0. The molecule has 1 saturated carbocycles. The molecule has 0 radical (unpaired) electrons. The fraction of sp³-hybridized carbons (Fsp3) is 0.333. The standard InChI is InChI=1S/C21H20ClFN2O2/c22-17-5-1-3-14(9-17)12-25(21(26)15-7-8-15)13-19-11-20(24-27-19)16-4-2-6-18(23)10-16/h1-6,9-10,15,19H,7-8,11-13H2/t19-/m0/s1. The van der Waals surface area contributed by atoms with Crippen molar-refractivity contribution in [1.82, 2.24) is 4.90 Å². The molecule has 140 valence electrons. The lowest BCUT2D eigenvalue weighted by atomic mass is 10.0. The third-order valence-corrected chi connectivity index (χ3v) is 5.05. The summed E-state index contributed by atoms with van der Waals surface area (Å²) in [5.74, 6) is -0.0304. The van der Waals surface area contributed by atoms with E-state index < -0.39 is 0 Å². The van der Waals surface area contributed by atoms with Crippen LogP contribution in [-0.2, 0) is 16.2 Å². The first-order valence-electron chi connectivity index (χ1n) is 9.10. The highest BCUT2D eigenvalue weighted by Crippen LogP contribution is 2.32. The highest BCUT2D eigenvalue weighted by Gasteiger charge is 2.35. The maximum absolute atomic E-state index is 13.4. The van der Waals surface area contributed by atoms with Crippen LogP contribution in [-0.4, -0.2) is 29.2 Å². The molecule has 1 aliphatic heterocycles. The molecular formula is C21H20ClFN2O2. The second-order valence-electron chi connectivity index (χ2n) is 7.10. The third kappa shape index (κ3) is 4.48. The normalized spacial score (nSPS) is 18.7. The van der Waals surface area contributed by atoms with Crippen LogP contribution in [0.3, 0.4) is 0 Å². The minimum Gasteiger partial charge on any atom is -0.390 e. The van der Waals surface area contributed by atoms with Gasteiger partial charge in [0, 0.05) is 29.5 Å². The van der Waals surface area contributed by atoms with Crippen LogP contribution >= 0.6 is 11.6 Å². The van der Waals surface area contributed by atoms with Crippen LogP contribution in [0.1, 0.15) is 30.4 Å². The lowest BCUT2D eigenvalue weighted by molar-refractivity contribution is -0.135. The Bertz CT molecular complexity index is 882. The number of carbonyl (C=O) groups excluding carboxylic acids is 1. The molecular weight excluding hydrogens is 367 g/mol. The number of halogens is 2. The largest absolute Gasteiger partial charge is 0.390 e. The van der Waals surface area contributed by atoms with Crippen LogP contribution < -0.4 is 0 Å². The summed E-state index contributed by atoms with van der Waals surface area (Å²) in [6.45, 7) is 0.940. The number of hydrogen-bond donors (Lipinski definition) is 0. The van der Waals surface area contributed by atoms with Crippen LogP contribution in [0.15, 0.2) is 53.7 Å². The number of rotatable bonds is 6. The minimum atomic E-state index is -0.301. The van der Waals surface area contributed by atoms with E-state index in [2.05, 4.69) is 5.16 Å². The molecule has 6 heteroatoms. The Morgan fingerprint density at radius 1 is 1.22 bits per heavy atom. The van der Waals surface area contributed by atoms with Gasteiger partial charge in [0.15, 0.2) is 6.10 Å². The van der Waals surface area contributed by atoms with Gasteiger partial charge in [0.25, 0.3) is 0 Å². The fourth-order valence-corrected chi connectivity index (χ4v) is 3.50. The number of carbonyl (C=O) groups is 1. The maximum Gasteiger partial charge on any atom is 0.226 e. The molecule has 0 N–H and O–H groups in total. The predicted molar refractivity (Wildman–Crippen MR) is 102 cm³/mol. The van der Waals surface area contributed by atoms with Gasteiger partial charge in [0.2, 0.25) is 5.91 Å². The van der Waals surface area contributed by atoms with E-state index in [0.29, 0.717) is 35.8 Å². The fourth-order valence-electron chi connectivity index (χ4n) is 3.29. The highest BCUT2D eigenvalue weighted by molar-refractivity contribution is 6.30. The van der Waals surface area contributed by atoms with Crippen molar-refractivity contribution >= 4 is 23.2 Å². The van der Waals surface area contributed by atoms with Crippen molar-refractivity contribution in [3.8, 4) is 0 Å². The second-order valence-corrected chi connectivity index (χ2v) is 7.54. The van der Waals surface area contributed by atoms with Crippen molar-refractivity contribution in [2.75, 3.05) is 6.54 Å². The molecule has 1 fully saturated rings. The van der Waals surface area contributed by atoms with Gasteiger partial charge in [0.1, 0.15) is 5.82 Å². The zero-order valence-corrected chi connectivity index (χ0v) is 15.5. The van der Waals surface area contributed by atoms with Gasteiger partial charge in [-0.05, 0) is 42.7 Å². The van der Waals surface area contributed by atoms with E-state index in [9.17, 15) is 9.18 Å². The number of benzene rings is 2. The molecule has 2 aromatic rings. The maximum atomic E-state index is 13.4. The topological polar surface area (TPSA) is 41.9 Å². The van der Waals surface area contributed by atoms with Crippen molar-refractivity contribution in [2.45, 2.75) is 31.9 Å². The molecule has 0 bridgehead atoms. The molecule has 2 aromatic carbocycles. The van der Waals surface area contributed by atoms with Gasteiger partial charge in [0.05, 0.1) is 12.3 Å². The lowest BCUT2D eigenvalue weighted by Crippen LogP contribution is -2.38. The molecule has 1 aliphatic carbocycles. The second kappa shape index (κ2) is 7.69. The molecule has 1 amide bonds. The minimum absolute atomic E-state index is 0.120. The van der Waals surface area contributed by atoms with E-state index in [1.54, 1.807) is 6.07 Å². The summed E-state index contributed by atoms with van der Waals surface area (Å²) in [5, 5.41) is 4.77. The summed E-state index contributed by atoms with van der Waals surface area (Å²) in [6.07, 6.45) is 2.21. The predicted octanol–water partition coefficient (Wildman–Crippen LogP) is 4.41.